The molecule has 0 bridgehead atoms. The van der Waals surface area contributed by atoms with Crippen LogP contribution in [-0.2, 0) is 21.6 Å². The Labute approximate surface area is 151 Å². The zero-order valence-corrected chi connectivity index (χ0v) is 18.7. The van der Waals surface area contributed by atoms with E-state index in [0.717, 1.165) is 19.6 Å². The van der Waals surface area contributed by atoms with Crippen LogP contribution in [0.2, 0.25) is 39.3 Å². The van der Waals surface area contributed by atoms with Gasteiger partial charge in [-0.1, -0.05) is 63.5 Å². The van der Waals surface area contributed by atoms with Crippen molar-refractivity contribution < 1.29 is 8.42 Å². The van der Waals surface area contributed by atoms with E-state index in [1.54, 1.807) is 0 Å². The van der Waals surface area contributed by atoms with Crippen LogP contribution in [0.15, 0.2) is 56.0 Å². The van der Waals surface area contributed by atoms with Gasteiger partial charge in [0.2, 0.25) is 0 Å². The van der Waals surface area contributed by atoms with E-state index >= 15 is 0 Å². The fourth-order valence-corrected chi connectivity index (χ4v) is 11.9. The number of hydrogen-bond acceptors (Lipinski definition) is 2. The van der Waals surface area contributed by atoms with Crippen molar-refractivity contribution in [2.75, 3.05) is 0 Å². The van der Waals surface area contributed by atoms with Gasteiger partial charge in [-0.2, -0.15) is 0 Å². The van der Waals surface area contributed by atoms with Crippen LogP contribution in [-0.4, -0.2) is 24.6 Å². The van der Waals surface area contributed by atoms with Crippen molar-refractivity contribution in [1.29, 1.82) is 0 Å². The molecule has 0 aromatic heterocycles. The minimum absolute atomic E-state index is 0.744. The van der Waals surface area contributed by atoms with Gasteiger partial charge in [0, 0.05) is 0 Å². The van der Waals surface area contributed by atoms with E-state index in [0.29, 0.717) is 0 Å². The summed E-state index contributed by atoms with van der Waals surface area (Å²) in [5.74, 6) is 0. The van der Waals surface area contributed by atoms with Crippen molar-refractivity contribution in [3.63, 3.8) is 0 Å². The number of rotatable bonds is 2. The fourth-order valence-electron chi connectivity index (χ4n) is 3.11. The summed E-state index contributed by atoms with van der Waals surface area (Å²) in [6.45, 7) is 13.5. The number of benzene rings is 2. The lowest BCUT2D eigenvalue weighted by atomic mass is 10.3. The first-order valence-electron chi connectivity index (χ1n) is 8.14. The van der Waals surface area contributed by atoms with E-state index in [1.807, 2.05) is 24.3 Å². The second-order valence-electron chi connectivity index (χ2n) is 8.30. The Kier molecular flexibility index (Phi) is 4.39. The molecule has 24 heavy (non-hydrogen) atoms. The predicted octanol–water partition coefficient (Wildman–Crippen LogP) is 3.42. The maximum Gasteiger partial charge on any atom is 0.0874 e. The van der Waals surface area contributed by atoms with Gasteiger partial charge in [-0.3, -0.25) is 0 Å². The molecule has 0 aliphatic carbocycles. The van der Waals surface area contributed by atoms with Gasteiger partial charge >= 0.3 is 0 Å². The Bertz CT molecular complexity index is 808. The van der Waals surface area contributed by atoms with Gasteiger partial charge in [-0.15, -0.1) is 0 Å². The summed E-state index contributed by atoms with van der Waals surface area (Å²) in [7, 11) is -5.87. The molecule has 2 nitrogen and oxygen atoms in total. The highest BCUT2D eigenvalue weighted by Crippen LogP contribution is 2.35. The fraction of sp³-hybridized carbons (Fsp3) is 0.333. The molecular weight excluding hydrogens is 369 g/mol. The molecule has 0 atom stereocenters. The Morgan fingerprint density at radius 2 is 1.00 bits per heavy atom. The number of fused-ring (bicyclic) bond motifs is 2. The van der Waals surface area contributed by atoms with Crippen molar-refractivity contribution in [3.8, 4) is 0 Å². The van der Waals surface area contributed by atoms with Crippen LogP contribution < -0.4 is 10.4 Å². The molecule has 0 saturated carbocycles. The normalized spacial score (nSPS) is 20.4. The highest BCUT2D eigenvalue weighted by atomic mass is 32.2. The molecule has 1 aliphatic heterocycles. The van der Waals surface area contributed by atoms with Crippen LogP contribution in [0, 0.1) is 0 Å². The van der Waals surface area contributed by atoms with E-state index in [2.05, 4.69) is 51.4 Å². The first-order valence-corrected chi connectivity index (χ1v) is 17.4. The molecule has 6 heteroatoms. The van der Waals surface area contributed by atoms with Gasteiger partial charge < -0.3 is 0 Å². The van der Waals surface area contributed by atoms with Crippen LogP contribution in [0.5, 0.6) is 0 Å². The average molecular weight is 393 g/mol. The Morgan fingerprint density at radius 1 is 0.625 bits per heavy atom. The maximum atomic E-state index is 13.6. The van der Waals surface area contributed by atoms with Crippen molar-refractivity contribution >= 4 is 48.1 Å². The van der Waals surface area contributed by atoms with Crippen LogP contribution in [0.25, 0.3) is 0 Å². The van der Waals surface area contributed by atoms with Crippen molar-refractivity contribution in [2.24, 2.45) is 0 Å². The summed E-state index contributed by atoms with van der Waals surface area (Å²) in [5.41, 5.74) is 0. The van der Waals surface area contributed by atoms with Gasteiger partial charge in [0.1, 0.15) is 0 Å². The predicted molar refractivity (Wildman–Crippen MR) is 108 cm³/mol. The molecular formula is C18H24O2S2Si2. The van der Waals surface area contributed by atoms with Crippen molar-refractivity contribution in [2.45, 2.75) is 58.9 Å². The molecule has 0 saturated heterocycles. The molecule has 1 heterocycles. The Morgan fingerprint density at radius 3 is 1.33 bits per heavy atom. The third-order valence-electron chi connectivity index (χ3n) is 4.34. The molecule has 0 spiro atoms. The molecule has 0 N–H and O–H groups in total. The molecule has 0 unspecified atom stereocenters. The second kappa shape index (κ2) is 5.86. The second-order valence-corrected chi connectivity index (χ2v) is 21.2. The zero-order chi connectivity index (χ0) is 17.9. The van der Waals surface area contributed by atoms with E-state index in [9.17, 15) is 8.42 Å². The maximum absolute atomic E-state index is 13.6. The molecule has 2 aromatic carbocycles. The van der Waals surface area contributed by atoms with Crippen LogP contribution in [0.3, 0.4) is 0 Å². The van der Waals surface area contributed by atoms with E-state index in [-0.39, 0.29) is 0 Å². The third-order valence-corrected chi connectivity index (χ3v) is 12.1. The smallest absolute Gasteiger partial charge is 0.0874 e. The summed E-state index contributed by atoms with van der Waals surface area (Å²) in [6.07, 6.45) is 0. The van der Waals surface area contributed by atoms with Crippen LogP contribution in [0.4, 0.5) is 0 Å². The number of hydrogen-bond donors (Lipinski definition) is 0. The molecule has 0 fully saturated rings. The highest BCUT2D eigenvalue weighted by molar-refractivity contribution is 7.91. The lowest BCUT2D eigenvalue weighted by Gasteiger charge is -2.29. The topological polar surface area (TPSA) is 34.1 Å². The standard InChI is InChI=1S/C18H24O2S2Si2/c1-23(2,3)15-11-7-9-13-17(15)22(20)18-14(21(13)19)10-8-12-16(18)24(4,5)6/h7-12H,1-6H3. The van der Waals surface area contributed by atoms with Crippen molar-refractivity contribution in [1.82, 2.24) is 0 Å². The quantitative estimate of drug-likeness (QED) is 0.626. The summed E-state index contributed by atoms with van der Waals surface area (Å²) in [6, 6.07) is 11.9. The molecule has 0 amide bonds. The van der Waals surface area contributed by atoms with E-state index in [1.165, 1.54) is 10.4 Å². The lowest BCUT2D eigenvalue weighted by molar-refractivity contribution is 0.667. The van der Waals surface area contributed by atoms with Gasteiger partial charge in [-0.05, 0) is 22.5 Å². The Balaban J connectivity index is 2.38. The third kappa shape index (κ3) is 2.83. The van der Waals surface area contributed by atoms with Gasteiger partial charge in [0.05, 0.1) is 57.3 Å². The molecule has 128 valence electrons. The summed E-state index contributed by atoms with van der Waals surface area (Å²) in [5, 5.41) is 2.34. The SMILES string of the molecule is C[Si](C)(C)c1cccc2c1S(=O)c1c(cccc1[Si](C)(C)C)S2=O. The zero-order valence-electron chi connectivity index (χ0n) is 15.1. The van der Waals surface area contributed by atoms with Crippen LogP contribution >= 0.6 is 0 Å². The molecule has 3 rings (SSSR count). The Hall–Kier alpha value is -0.826. The highest BCUT2D eigenvalue weighted by Gasteiger charge is 2.36. The molecule has 1 aliphatic rings. The summed E-state index contributed by atoms with van der Waals surface area (Å²) < 4.78 is 26.8. The lowest BCUT2D eigenvalue weighted by Crippen LogP contribution is -2.45. The first-order chi connectivity index (χ1) is 11.0. The molecule has 0 radical (unpaired) electrons. The van der Waals surface area contributed by atoms with E-state index < -0.39 is 37.7 Å². The van der Waals surface area contributed by atoms with Gasteiger partial charge in [-0.25, -0.2) is 8.42 Å². The van der Waals surface area contributed by atoms with E-state index in [4.69, 9.17) is 0 Å². The van der Waals surface area contributed by atoms with Gasteiger partial charge in [0.15, 0.2) is 0 Å². The van der Waals surface area contributed by atoms with Crippen molar-refractivity contribution in [3.05, 3.63) is 36.4 Å². The minimum Gasteiger partial charge on any atom is -0.249 e. The first kappa shape index (κ1) is 18.0. The summed E-state index contributed by atoms with van der Waals surface area (Å²) in [4.78, 5) is 3.14. The molecule has 2 aromatic rings. The monoisotopic (exact) mass is 392 g/mol. The van der Waals surface area contributed by atoms with Gasteiger partial charge in [0.25, 0.3) is 0 Å². The van der Waals surface area contributed by atoms with Crippen LogP contribution in [0.1, 0.15) is 0 Å². The minimum atomic E-state index is -1.68. The summed E-state index contributed by atoms with van der Waals surface area (Å²) >= 11 is 0. The largest absolute Gasteiger partial charge is 0.249 e. The average Bonchev–Trinajstić information content (AvgIpc) is 2.49.